The molecule has 0 aliphatic heterocycles. The molecule has 2 aromatic carbocycles. The standard InChI is InChI=1S/C21H26N2O2/c1-5-23(6-2)19-13-9-17(21(25)15-19)10-14-20(24)16-7-11-18(12-8-16)22(3)4/h7-15,25H,5-6H2,1-4H3. The van der Waals surface area contributed by atoms with Gasteiger partial charge in [0.1, 0.15) is 5.75 Å². The zero-order valence-corrected chi connectivity index (χ0v) is 15.4. The summed E-state index contributed by atoms with van der Waals surface area (Å²) < 4.78 is 0. The fourth-order valence-corrected chi connectivity index (χ4v) is 2.64. The van der Waals surface area contributed by atoms with Crippen LogP contribution in [0.25, 0.3) is 6.08 Å². The predicted octanol–water partition coefficient (Wildman–Crippen LogP) is 4.20. The Kier molecular flexibility index (Phi) is 6.23. The minimum absolute atomic E-state index is 0.0856. The van der Waals surface area contributed by atoms with E-state index in [1.165, 1.54) is 6.08 Å². The average molecular weight is 338 g/mol. The molecule has 4 heteroatoms. The predicted molar refractivity (Wildman–Crippen MR) is 106 cm³/mol. The molecule has 0 atom stereocenters. The normalized spacial score (nSPS) is 10.9. The smallest absolute Gasteiger partial charge is 0.185 e. The van der Waals surface area contributed by atoms with Crippen molar-refractivity contribution in [2.45, 2.75) is 13.8 Å². The number of phenolic OH excluding ortho intramolecular Hbond substituents is 1. The summed E-state index contributed by atoms with van der Waals surface area (Å²) in [5.41, 5.74) is 3.28. The van der Waals surface area contributed by atoms with Crippen LogP contribution in [0.1, 0.15) is 29.8 Å². The Morgan fingerprint density at radius 2 is 1.60 bits per heavy atom. The van der Waals surface area contributed by atoms with E-state index >= 15 is 0 Å². The molecule has 0 saturated carbocycles. The number of hydrogen-bond donors (Lipinski definition) is 1. The number of ketones is 1. The molecule has 25 heavy (non-hydrogen) atoms. The maximum absolute atomic E-state index is 12.3. The number of hydrogen-bond acceptors (Lipinski definition) is 4. The Hall–Kier alpha value is -2.75. The van der Waals surface area contributed by atoms with Gasteiger partial charge < -0.3 is 14.9 Å². The topological polar surface area (TPSA) is 43.8 Å². The molecule has 0 saturated heterocycles. The van der Waals surface area contributed by atoms with Crippen molar-refractivity contribution in [2.75, 3.05) is 37.0 Å². The van der Waals surface area contributed by atoms with Gasteiger partial charge in [-0.3, -0.25) is 4.79 Å². The highest BCUT2D eigenvalue weighted by Gasteiger charge is 2.07. The van der Waals surface area contributed by atoms with Crippen molar-refractivity contribution in [3.63, 3.8) is 0 Å². The van der Waals surface area contributed by atoms with Crippen LogP contribution in [-0.4, -0.2) is 38.1 Å². The Balaban J connectivity index is 2.14. The number of carbonyl (C=O) groups is 1. The molecule has 0 spiro atoms. The first-order chi connectivity index (χ1) is 12.0. The lowest BCUT2D eigenvalue weighted by Gasteiger charge is -2.21. The van der Waals surface area contributed by atoms with Gasteiger partial charge in [-0.05, 0) is 62.4 Å². The third-order valence-electron chi connectivity index (χ3n) is 4.23. The highest BCUT2D eigenvalue weighted by atomic mass is 16.3. The minimum Gasteiger partial charge on any atom is -0.507 e. The largest absolute Gasteiger partial charge is 0.507 e. The Bertz CT molecular complexity index is 745. The van der Waals surface area contributed by atoms with Gasteiger partial charge in [0.05, 0.1) is 0 Å². The van der Waals surface area contributed by atoms with Gasteiger partial charge in [-0.15, -0.1) is 0 Å². The fourth-order valence-electron chi connectivity index (χ4n) is 2.64. The molecular formula is C21H26N2O2. The fraction of sp³-hybridized carbons (Fsp3) is 0.286. The van der Waals surface area contributed by atoms with Crippen LogP contribution in [0, 0.1) is 0 Å². The van der Waals surface area contributed by atoms with Crippen LogP contribution in [0.5, 0.6) is 5.75 Å². The van der Waals surface area contributed by atoms with Crippen LogP contribution >= 0.6 is 0 Å². The molecule has 4 nitrogen and oxygen atoms in total. The summed E-state index contributed by atoms with van der Waals surface area (Å²) in [6.07, 6.45) is 3.15. The number of allylic oxidation sites excluding steroid dienone is 1. The number of nitrogens with zero attached hydrogens (tertiary/aromatic N) is 2. The molecule has 0 radical (unpaired) electrons. The molecule has 0 bridgehead atoms. The quantitative estimate of drug-likeness (QED) is 0.607. The number of benzene rings is 2. The third kappa shape index (κ3) is 4.63. The average Bonchev–Trinajstić information content (AvgIpc) is 2.62. The van der Waals surface area contributed by atoms with Gasteiger partial charge in [0.2, 0.25) is 0 Å². The van der Waals surface area contributed by atoms with E-state index in [-0.39, 0.29) is 11.5 Å². The molecule has 0 aromatic heterocycles. The van der Waals surface area contributed by atoms with E-state index in [0.29, 0.717) is 11.1 Å². The first-order valence-electron chi connectivity index (χ1n) is 8.54. The van der Waals surface area contributed by atoms with Gasteiger partial charge in [0, 0.05) is 55.8 Å². The van der Waals surface area contributed by atoms with E-state index in [4.69, 9.17) is 0 Å². The molecule has 0 heterocycles. The minimum atomic E-state index is -0.0856. The van der Waals surface area contributed by atoms with E-state index in [2.05, 4.69) is 18.7 Å². The SMILES string of the molecule is CCN(CC)c1ccc(C=CC(=O)c2ccc(N(C)C)cc2)c(O)c1. The summed E-state index contributed by atoms with van der Waals surface area (Å²) >= 11 is 0. The molecule has 132 valence electrons. The Labute approximate surface area is 150 Å². The van der Waals surface area contributed by atoms with Gasteiger partial charge in [0.25, 0.3) is 0 Å². The van der Waals surface area contributed by atoms with Crippen LogP contribution in [0.15, 0.2) is 48.5 Å². The van der Waals surface area contributed by atoms with Crippen LogP contribution in [0.4, 0.5) is 11.4 Å². The Morgan fingerprint density at radius 3 is 2.12 bits per heavy atom. The first kappa shape index (κ1) is 18.6. The van der Waals surface area contributed by atoms with E-state index in [0.717, 1.165) is 24.5 Å². The molecular weight excluding hydrogens is 312 g/mol. The van der Waals surface area contributed by atoms with Crippen LogP contribution in [0.3, 0.4) is 0 Å². The number of rotatable bonds is 7. The van der Waals surface area contributed by atoms with Crippen LogP contribution < -0.4 is 9.80 Å². The van der Waals surface area contributed by atoms with Gasteiger partial charge >= 0.3 is 0 Å². The van der Waals surface area contributed by atoms with Crippen molar-refractivity contribution in [1.82, 2.24) is 0 Å². The summed E-state index contributed by atoms with van der Waals surface area (Å²) in [7, 11) is 3.92. The summed E-state index contributed by atoms with van der Waals surface area (Å²) in [4.78, 5) is 16.4. The van der Waals surface area contributed by atoms with Gasteiger partial charge in [-0.1, -0.05) is 0 Å². The zero-order valence-electron chi connectivity index (χ0n) is 15.4. The number of anilines is 2. The maximum Gasteiger partial charge on any atom is 0.185 e. The molecule has 2 rings (SSSR count). The number of aromatic hydroxyl groups is 1. The third-order valence-corrected chi connectivity index (χ3v) is 4.23. The lowest BCUT2D eigenvalue weighted by Crippen LogP contribution is -2.21. The second kappa shape index (κ2) is 8.38. The van der Waals surface area contributed by atoms with Crippen molar-refractivity contribution < 1.29 is 9.90 Å². The van der Waals surface area contributed by atoms with Crippen molar-refractivity contribution in [2.24, 2.45) is 0 Å². The van der Waals surface area contributed by atoms with Crippen LogP contribution in [0.2, 0.25) is 0 Å². The van der Waals surface area contributed by atoms with Crippen molar-refractivity contribution in [1.29, 1.82) is 0 Å². The van der Waals surface area contributed by atoms with E-state index in [1.807, 2.05) is 55.4 Å². The van der Waals surface area contributed by atoms with Crippen molar-refractivity contribution in [3.05, 3.63) is 59.7 Å². The highest BCUT2D eigenvalue weighted by Crippen LogP contribution is 2.26. The number of carbonyl (C=O) groups excluding carboxylic acids is 1. The highest BCUT2D eigenvalue weighted by molar-refractivity contribution is 6.07. The van der Waals surface area contributed by atoms with E-state index < -0.39 is 0 Å². The maximum atomic E-state index is 12.3. The lowest BCUT2D eigenvalue weighted by atomic mass is 10.1. The van der Waals surface area contributed by atoms with Gasteiger partial charge in [0.15, 0.2) is 5.78 Å². The lowest BCUT2D eigenvalue weighted by molar-refractivity contribution is 0.104. The Morgan fingerprint density at radius 1 is 1.00 bits per heavy atom. The summed E-state index contributed by atoms with van der Waals surface area (Å²) in [6.45, 7) is 5.92. The molecule has 2 aromatic rings. The molecule has 0 fully saturated rings. The first-order valence-corrected chi connectivity index (χ1v) is 8.54. The number of phenols is 1. The molecule has 0 amide bonds. The molecule has 1 N–H and O–H groups in total. The van der Waals surface area contributed by atoms with E-state index in [9.17, 15) is 9.90 Å². The summed E-state index contributed by atoms with van der Waals surface area (Å²) in [5, 5.41) is 10.2. The van der Waals surface area contributed by atoms with Gasteiger partial charge in [-0.2, -0.15) is 0 Å². The second-order valence-corrected chi connectivity index (χ2v) is 6.05. The summed E-state index contributed by atoms with van der Waals surface area (Å²) in [5.74, 6) is 0.0916. The van der Waals surface area contributed by atoms with Crippen molar-refractivity contribution in [3.8, 4) is 5.75 Å². The summed E-state index contributed by atoms with van der Waals surface area (Å²) in [6, 6.07) is 13.0. The van der Waals surface area contributed by atoms with E-state index in [1.54, 1.807) is 12.1 Å². The molecule has 0 unspecified atom stereocenters. The van der Waals surface area contributed by atoms with Gasteiger partial charge in [-0.25, -0.2) is 0 Å². The molecule has 0 aliphatic carbocycles. The monoisotopic (exact) mass is 338 g/mol. The second-order valence-electron chi connectivity index (χ2n) is 6.05. The van der Waals surface area contributed by atoms with Crippen molar-refractivity contribution >= 4 is 23.2 Å². The zero-order chi connectivity index (χ0) is 18.4. The molecule has 0 aliphatic rings. The van der Waals surface area contributed by atoms with Crippen LogP contribution in [-0.2, 0) is 0 Å².